The van der Waals surface area contributed by atoms with Crippen molar-refractivity contribution in [3.63, 3.8) is 0 Å². The van der Waals surface area contributed by atoms with Crippen LogP contribution in [0.15, 0.2) is 34.1 Å². The molecule has 1 aromatic carbocycles. The summed E-state index contributed by atoms with van der Waals surface area (Å²) in [6.07, 6.45) is 2.05. The first kappa shape index (κ1) is 9.50. The van der Waals surface area contributed by atoms with Gasteiger partial charge in [0, 0.05) is 9.79 Å². The second-order valence-corrected chi connectivity index (χ2v) is 4.05. The van der Waals surface area contributed by atoms with E-state index in [2.05, 4.69) is 24.5 Å². The van der Waals surface area contributed by atoms with Crippen LogP contribution in [0.2, 0.25) is 0 Å². The molecule has 0 aliphatic carbocycles. The van der Waals surface area contributed by atoms with Gasteiger partial charge in [0.05, 0.1) is 11.8 Å². The average Bonchev–Trinajstić information content (AvgIpc) is 2.15. The van der Waals surface area contributed by atoms with E-state index in [1.807, 2.05) is 12.1 Å². The Hall–Kier alpha value is -0.590. The van der Waals surface area contributed by atoms with Gasteiger partial charge in [-0.15, -0.1) is 23.5 Å². The van der Waals surface area contributed by atoms with E-state index in [1.54, 1.807) is 23.5 Å². The van der Waals surface area contributed by atoms with Gasteiger partial charge in [-0.3, -0.25) is 0 Å². The fourth-order valence-corrected chi connectivity index (χ4v) is 1.76. The van der Waals surface area contributed by atoms with Crippen LogP contribution < -0.4 is 0 Å². The van der Waals surface area contributed by atoms with Gasteiger partial charge in [0.1, 0.15) is 0 Å². The summed E-state index contributed by atoms with van der Waals surface area (Å²) >= 11 is 3.30. The van der Waals surface area contributed by atoms with Crippen molar-refractivity contribution in [2.24, 2.45) is 0 Å². The molecule has 62 valence electrons. The average molecular weight is 195 g/mol. The molecule has 0 spiro atoms. The molecule has 0 unspecified atom stereocenters. The van der Waals surface area contributed by atoms with E-state index in [4.69, 9.17) is 5.26 Å². The van der Waals surface area contributed by atoms with Crippen LogP contribution in [-0.4, -0.2) is 12.0 Å². The monoisotopic (exact) mass is 195 g/mol. The van der Waals surface area contributed by atoms with Crippen molar-refractivity contribution in [3.8, 4) is 6.07 Å². The fourth-order valence-electron chi connectivity index (χ4n) is 0.788. The second kappa shape index (κ2) is 5.13. The van der Waals surface area contributed by atoms with E-state index in [1.165, 1.54) is 4.90 Å². The maximum atomic E-state index is 8.35. The number of rotatable bonds is 3. The van der Waals surface area contributed by atoms with Gasteiger partial charge in [0.25, 0.3) is 0 Å². The van der Waals surface area contributed by atoms with E-state index in [0.29, 0.717) is 5.75 Å². The molecule has 12 heavy (non-hydrogen) atoms. The van der Waals surface area contributed by atoms with Crippen molar-refractivity contribution >= 4 is 23.5 Å². The molecule has 1 rings (SSSR count). The number of hydrogen-bond acceptors (Lipinski definition) is 3. The zero-order valence-electron chi connectivity index (χ0n) is 6.78. The topological polar surface area (TPSA) is 23.8 Å². The van der Waals surface area contributed by atoms with Crippen molar-refractivity contribution in [1.29, 1.82) is 5.26 Å². The Bertz CT molecular complexity index is 274. The van der Waals surface area contributed by atoms with Gasteiger partial charge in [-0.25, -0.2) is 0 Å². The molecule has 1 aromatic rings. The maximum Gasteiger partial charge on any atom is 0.0855 e. The summed E-state index contributed by atoms with van der Waals surface area (Å²) in [5.74, 6) is 0.526. The van der Waals surface area contributed by atoms with E-state index in [9.17, 15) is 0 Å². The Labute approximate surface area is 81.2 Å². The molecule has 0 bridgehead atoms. The first-order valence-electron chi connectivity index (χ1n) is 3.50. The van der Waals surface area contributed by atoms with Crippen LogP contribution in [0.3, 0.4) is 0 Å². The Kier molecular flexibility index (Phi) is 4.06. The summed E-state index contributed by atoms with van der Waals surface area (Å²) in [6, 6.07) is 10.3. The third-order valence-corrected chi connectivity index (χ3v) is 2.99. The molecule has 0 saturated heterocycles. The van der Waals surface area contributed by atoms with E-state index in [0.717, 1.165) is 4.90 Å². The maximum absolute atomic E-state index is 8.35. The summed E-state index contributed by atoms with van der Waals surface area (Å²) < 4.78 is 0. The lowest BCUT2D eigenvalue weighted by Crippen LogP contribution is -1.74. The van der Waals surface area contributed by atoms with E-state index in [-0.39, 0.29) is 0 Å². The Morgan fingerprint density at radius 2 is 1.83 bits per heavy atom. The van der Waals surface area contributed by atoms with Gasteiger partial charge in [-0.1, -0.05) is 0 Å². The molecule has 1 nitrogen and oxygen atoms in total. The molecule has 0 heterocycles. The van der Waals surface area contributed by atoms with Crippen molar-refractivity contribution < 1.29 is 0 Å². The number of hydrogen-bond donors (Lipinski definition) is 0. The predicted octanol–water partition coefficient (Wildman–Crippen LogP) is 3.02. The lowest BCUT2D eigenvalue weighted by atomic mass is 10.4. The molecule has 0 amide bonds. The predicted molar refractivity (Wildman–Crippen MR) is 54.6 cm³/mol. The zero-order valence-corrected chi connectivity index (χ0v) is 8.41. The Morgan fingerprint density at radius 3 is 2.33 bits per heavy atom. The largest absolute Gasteiger partial charge is 0.197 e. The van der Waals surface area contributed by atoms with Crippen LogP contribution >= 0.6 is 23.5 Å². The molecule has 0 fully saturated rings. The van der Waals surface area contributed by atoms with Crippen molar-refractivity contribution in [1.82, 2.24) is 0 Å². The minimum atomic E-state index is 0.526. The molecule has 0 radical (unpaired) electrons. The van der Waals surface area contributed by atoms with Gasteiger partial charge in [0.15, 0.2) is 0 Å². The molecule has 3 heteroatoms. The molecule has 0 N–H and O–H groups in total. The Morgan fingerprint density at radius 1 is 1.25 bits per heavy atom. The first-order chi connectivity index (χ1) is 5.86. The molecule has 0 atom stereocenters. The number of nitriles is 1. The summed E-state index contributed by atoms with van der Waals surface area (Å²) in [6.45, 7) is 0. The van der Waals surface area contributed by atoms with Gasteiger partial charge in [-0.05, 0) is 30.5 Å². The quantitative estimate of drug-likeness (QED) is 0.693. The molecule has 0 aliphatic heterocycles. The molecule has 0 aromatic heterocycles. The van der Waals surface area contributed by atoms with Gasteiger partial charge < -0.3 is 0 Å². The van der Waals surface area contributed by atoms with Crippen LogP contribution in [0.1, 0.15) is 0 Å². The first-order valence-corrected chi connectivity index (χ1v) is 5.71. The van der Waals surface area contributed by atoms with Gasteiger partial charge >= 0.3 is 0 Å². The molecule has 0 aliphatic rings. The highest BCUT2D eigenvalue weighted by Gasteiger charge is 1.92. The summed E-state index contributed by atoms with van der Waals surface area (Å²) in [5, 5.41) is 8.35. The van der Waals surface area contributed by atoms with E-state index < -0.39 is 0 Å². The summed E-state index contributed by atoms with van der Waals surface area (Å²) in [5.41, 5.74) is 0. The fraction of sp³-hybridized carbons (Fsp3) is 0.222. The molecule has 0 saturated carbocycles. The van der Waals surface area contributed by atoms with Crippen LogP contribution in [-0.2, 0) is 0 Å². The third kappa shape index (κ3) is 2.80. The van der Waals surface area contributed by atoms with Crippen LogP contribution in [0.25, 0.3) is 0 Å². The summed E-state index contributed by atoms with van der Waals surface area (Å²) in [7, 11) is 0. The van der Waals surface area contributed by atoms with Crippen LogP contribution in [0, 0.1) is 11.3 Å². The Balaban J connectivity index is 2.60. The highest BCUT2D eigenvalue weighted by atomic mass is 32.2. The normalized spacial score (nSPS) is 9.33. The van der Waals surface area contributed by atoms with Gasteiger partial charge in [-0.2, -0.15) is 5.26 Å². The van der Waals surface area contributed by atoms with Crippen LogP contribution in [0.4, 0.5) is 0 Å². The SMILES string of the molecule is CSc1ccc(SCC#N)cc1. The van der Waals surface area contributed by atoms with Crippen molar-refractivity contribution in [3.05, 3.63) is 24.3 Å². The molecular weight excluding hydrogens is 186 g/mol. The number of thioether (sulfide) groups is 2. The smallest absolute Gasteiger partial charge is 0.0855 e. The van der Waals surface area contributed by atoms with Crippen molar-refractivity contribution in [2.75, 3.05) is 12.0 Å². The number of nitrogens with zero attached hydrogens (tertiary/aromatic N) is 1. The third-order valence-electron chi connectivity index (χ3n) is 1.36. The van der Waals surface area contributed by atoms with E-state index >= 15 is 0 Å². The standard InChI is InChI=1S/C9H9NS2/c1-11-8-2-4-9(5-3-8)12-7-6-10/h2-5H,7H2,1H3. The highest BCUT2D eigenvalue weighted by Crippen LogP contribution is 2.21. The second-order valence-electron chi connectivity index (χ2n) is 2.12. The highest BCUT2D eigenvalue weighted by molar-refractivity contribution is 7.99. The minimum absolute atomic E-state index is 0.526. The molecular formula is C9H9NS2. The number of benzene rings is 1. The zero-order chi connectivity index (χ0) is 8.81. The van der Waals surface area contributed by atoms with Gasteiger partial charge in [0.2, 0.25) is 0 Å². The lowest BCUT2D eigenvalue weighted by molar-refractivity contribution is 1.35. The van der Waals surface area contributed by atoms with Crippen LogP contribution in [0.5, 0.6) is 0 Å². The minimum Gasteiger partial charge on any atom is -0.197 e. The van der Waals surface area contributed by atoms with Crippen molar-refractivity contribution in [2.45, 2.75) is 9.79 Å². The lowest BCUT2D eigenvalue weighted by Gasteiger charge is -1.98. The summed E-state index contributed by atoms with van der Waals surface area (Å²) in [4.78, 5) is 2.42.